The molecule has 5 heteroatoms. The van der Waals surface area contributed by atoms with Gasteiger partial charge in [-0.3, -0.25) is 0 Å². The van der Waals surface area contributed by atoms with E-state index in [-0.39, 0.29) is 0 Å². The smallest absolute Gasteiger partial charge is 0.163 e. The predicted octanol–water partition coefficient (Wildman–Crippen LogP) is 3.66. The van der Waals surface area contributed by atoms with E-state index in [0.717, 1.165) is 30.2 Å². The van der Waals surface area contributed by atoms with Crippen molar-refractivity contribution in [2.75, 3.05) is 25.1 Å². The molecule has 2 aromatic rings. The van der Waals surface area contributed by atoms with E-state index >= 15 is 0 Å². The Labute approximate surface area is 142 Å². The van der Waals surface area contributed by atoms with Crippen LogP contribution in [0.1, 0.15) is 49.3 Å². The third-order valence-corrected chi connectivity index (χ3v) is 5.44. The predicted molar refractivity (Wildman–Crippen MR) is 92.6 cm³/mol. The summed E-state index contributed by atoms with van der Waals surface area (Å²) >= 11 is 0. The molecule has 5 rings (SSSR count). The summed E-state index contributed by atoms with van der Waals surface area (Å²) in [6, 6.07) is 6.12. The zero-order valence-electron chi connectivity index (χ0n) is 13.9. The van der Waals surface area contributed by atoms with Gasteiger partial charge in [0.25, 0.3) is 0 Å². The normalized spacial score (nSPS) is 19.8. The van der Waals surface area contributed by atoms with Crippen molar-refractivity contribution in [1.29, 1.82) is 0 Å². The molecule has 0 unspecified atom stereocenters. The second kappa shape index (κ2) is 5.72. The zero-order valence-corrected chi connectivity index (χ0v) is 13.9. The largest absolute Gasteiger partial charge is 0.486 e. The fourth-order valence-electron chi connectivity index (χ4n) is 4.26. The molecule has 1 saturated carbocycles. The standard InChI is InChI=1S/C19H23N3O2/c1-2-4-13(5-3-1)18-15-8-9-20-19(15)22(21-18)14-6-7-16-17(12-14)24-11-10-23-16/h6-7,12-13,20H,1-5,8-11H2. The van der Waals surface area contributed by atoms with Gasteiger partial charge in [0.2, 0.25) is 0 Å². The van der Waals surface area contributed by atoms with Crippen LogP contribution in [0.2, 0.25) is 0 Å². The number of anilines is 1. The lowest BCUT2D eigenvalue weighted by Gasteiger charge is -2.20. The Hall–Kier alpha value is -2.17. The van der Waals surface area contributed by atoms with Crippen LogP contribution in [0.4, 0.5) is 5.82 Å². The molecule has 0 bridgehead atoms. The van der Waals surface area contributed by atoms with Crippen LogP contribution in [-0.4, -0.2) is 29.5 Å². The molecule has 0 radical (unpaired) electrons. The van der Waals surface area contributed by atoms with Gasteiger partial charge in [0.05, 0.1) is 11.4 Å². The van der Waals surface area contributed by atoms with Gasteiger partial charge in [0.1, 0.15) is 19.0 Å². The molecule has 3 aliphatic rings. The SMILES string of the molecule is c1cc2c(cc1-n1nc(C3CCCCC3)c3c1NCC3)OCCO2. The molecule has 0 atom stereocenters. The first kappa shape index (κ1) is 14.2. The maximum atomic E-state index is 5.74. The number of benzene rings is 1. The quantitative estimate of drug-likeness (QED) is 0.915. The van der Waals surface area contributed by atoms with E-state index in [9.17, 15) is 0 Å². The molecule has 3 heterocycles. The minimum absolute atomic E-state index is 0.610. The summed E-state index contributed by atoms with van der Waals surface area (Å²) in [4.78, 5) is 0. The Balaban J connectivity index is 1.56. The van der Waals surface area contributed by atoms with Crippen molar-refractivity contribution in [2.24, 2.45) is 0 Å². The van der Waals surface area contributed by atoms with Crippen molar-refractivity contribution in [3.63, 3.8) is 0 Å². The molecule has 2 aliphatic heterocycles. The first-order valence-corrected chi connectivity index (χ1v) is 9.16. The summed E-state index contributed by atoms with van der Waals surface area (Å²) in [5.74, 6) is 3.45. The van der Waals surface area contributed by atoms with E-state index < -0.39 is 0 Å². The van der Waals surface area contributed by atoms with Gasteiger partial charge < -0.3 is 14.8 Å². The molecular formula is C19H23N3O2. The fourth-order valence-corrected chi connectivity index (χ4v) is 4.26. The van der Waals surface area contributed by atoms with Gasteiger partial charge in [-0.25, -0.2) is 4.68 Å². The summed E-state index contributed by atoms with van der Waals surface area (Å²) in [5.41, 5.74) is 3.80. The minimum Gasteiger partial charge on any atom is -0.486 e. The Bertz CT molecular complexity index is 762. The lowest BCUT2D eigenvalue weighted by atomic mass is 9.85. The first-order chi connectivity index (χ1) is 11.9. The van der Waals surface area contributed by atoms with Crippen LogP contribution >= 0.6 is 0 Å². The minimum atomic E-state index is 0.610. The summed E-state index contributed by atoms with van der Waals surface area (Å²) in [6.45, 7) is 2.24. The third-order valence-electron chi connectivity index (χ3n) is 5.44. The van der Waals surface area contributed by atoms with E-state index in [0.29, 0.717) is 19.1 Å². The number of hydrogen-bond donors (Lipinski definition) is 1. The van der Waals surface area contributed by atoms with Crippen LogP contribution in [0.25, 0.3) is 5.69 Å². The fraction of sp³-hybridized carbons (Fsp3) is 0.526. The summed E-state index contributed by atoms with van der Waals surface area (Å²) in [5, 5.41) is 8.57. The highest BCUT2D eigenvalue weighted by Gasteiger charge is 2.29. The van der Waals surface area contributed by atoms with E-state index in [1.807, 2.05) is 12.1 Å². The van der Waals surface area contributed by atoms with Gasteiger partial charge in [-0.05, 0) is 31.4 Å². The number of nitrogens with one attached hydrogen (secondary N) is 1. The van der Waals surface area contributed by atoms with E-state index in [4.69, 9.17) is 14.6 Å². The van der Waals surface area contributed by atoms with Crippen molar-refractivity contribution in [3.05, 3.63) is 29.5 Å². The molecule has 0 saturated heterocycles. The number of fused-ring (bicyclic) bond motifs is 2. The average Bonchev–Trinajstić information content (AvgIpc) is 3.24. The van der Waals surface area contributed by atoms with Crippen molar-refractivity contribution in [1.82, 2.24) is 9.78 Å². The number of aromatic nitrogens is 2. The lowest BCUT2D eigenvalue weighted by molar-refractivity contribution is 0.171. The van der Waals surface area contributed by atoms with Crippen LogP contribution in [0, 0.1) is 0 Å². The molecule has 0 amide bonds. The molecule has 1 aliphatic carbocycles. The molecule has 1 fully saturated rings. The van der Waals surface area contributed by atoms with Gasteiger partial charge in [0, 0.05) is 24.1 Å². The molecule has 126 valence electrons. The van der Waals surface area contributed by atoms with Crippen LogP contribution in [0.5, 0.6) is 11.5 Å². The second-order valence-corrected chi connectivity index (χ2v) is 6.96. The highest BCUT2D eigenvalue weighted by molar-refractivity contribution is 5.59. The van der Waals surface area contributed by atoms with Crippen LogP contribution in [-0.2, 0) is 6.42 Å². The van der Waals surface area contributed by atoms with Crippen molar-refractivity contribution in [3.8, 4) is 17.2 Å². The number of rotatable bonds is 2. The number of hydrogen-bond acceptors (Lipinski definition) is 4. The topological polar surface area (TPSA) is 48.3 Å². The Morgan fingerprint density at radius 2 is 1.88 bits per heavy atom. The van der Waals surface area contributed by atoms with Gasteiger partial charge in [-0.1, -0.05) is 19.3 Å². The van der Waals surface area contributed by atoms with Gasteiger partial charge >= 0.3 is 0 Å². The molecule has 5 nitrogen and oxygen atoms in total. The van der Waals surface area contributed by atoms with E-state index in [1.165, 1.54) is 49.2 Å². The molecule has 24 heavy (non-hydrogen) atoms. The van der Waals surface area contributed by atoms with E-state index in [2.05, 4.69) is 16.1 Å². The maximum absolute atomic E-state index is 5.74. The summed E-state index contributed by atoms with van der Waals surface area (Å²) in [6.07, 6.45) is 7.70. The first-order valence-electron chi connectivity index (χ1n) is 9.16. The molecule has 1 N–H and O–H groups in total. The summed E-state index contributed by atoms with van der Waals surface area (Å²) in [7, 11) is 0. The van der Waals surface area contributed by atoms with Crippen LogP contribution < -0.4 is 14.8 Å². The Morgan fingerprint density at radius 3 is 2.75 bits per heavy atom. The molecular weight excluding hydrogens is 302 g/mol. The Kier molecular flexibility index (Phi) is 3.39. The number of nitrogens with zero attached hydrogens (tertiary/aromatic N) is 2. The van der Waals surface area contributed by atoms with Gasteiger partial charge in [-0.2, -0.15) is 5.10 Å². The highest BCUT2D eigenvalue weighted by atomic mass is 16.6. The van der Waals surface area contributed by atoms with Gasteiger partial charge in [-0.15, -0.1) is 0 Å². The second-order valence-electron chi connectivity index (χ2n) is 6.96. The third kappa shape index (κ3) is 2.26. The van der Waals surface area contributed by atoms with Crippen molar-refractivity contribution < 1.29 is 9.47 Å². The maximum Gasteiger partial charge on any atom is 0.163 e. The average molecular weight is 325 g/mol. The van der Waals surface area contributed by atoms with Crippen molar-refractivity contribution >= 4 is 5.82 Å². The monoisotopic (exact) mass is 325 g/mol. The lowest BCUT2D eigenvalue weighted by Crippen LogP contribution is -2.15. The molecule has 1 aromatic heterocycles. The molecule has 0 spiro atoms. The molecule has 1 aromatic carbocycles. The van der Waals surface area contributed by atoms with Crippen LogP contribution in [0.15, 0.2) is 18.2 Å². The Morgan fingerprint density at radius 1 is 1.04 bits per heavy atom. The number of ether oxygens (including phenoxy) is 2. The highest BCUT2D eigenvalue weighted by Crippen LogP contribution is 2.40. The van der Waals surface area contributed by atoms with Crippen LogP contribution in [0.3, 0.4) is 0 Å². The van der Waals surface area contributed by atoms with E-state index in [1.54, 1.807) is 0 Å². The van der Waals surface area contributed by atoms with Gasteiger partial charge in [0.15, 0.2) is 11.5 Å². The zero-order chi connectivity index (χ0) is 15.9. The van der Waals surface area contributed by atoms with Crippen molar-refractivity contribution in [2.45, 2.75) is 44.4 Å². The summed E-state index contributed by atoms with van der Waals surface area (Å²) < 4.78 is 13.5.